The van der Waals surface area contributed by atoms with E-state index in [2.05, 4.69) is 20.5 Å². The van der Waals surface area contributed by atoms with Crippen LogP contribution in [0.15, 0.2) is 54.9 Å². The van der Waals surface area contributed by atoms with Crippen molar-refractivity contribution in [1.29, 1.82) is 0 Å². The Bertz CT molecular complexity index is 804. The normalized spacial score (nSPS) is 11.9. The molecule has 0 aliphatic carbocycles. The predicted octanol–water partition coefficient (Wildman–Crippen LogP) is 3.12. The monoisotopic (exact) mass is 371 g/mol. The standard InChI is InChI=1S/C18H21N5O2S/c1-26-12-9-15(23-10-5-6-11-23)17(24)20-18-19-16(21-22-18)13-25-14-7-3-2-4-8-14/h2-8,10-11,15H,9,12-13H2,1H3,(H2,19,20,21,22,24)/t15-/m1/s1. The molecule has 136 valence electrons. The van der Waals surface area contributed by atoms with Crippen LogP contribution in [-0.2, 0) is 11.4 Å². The van der Waals surface area contributed by atoms with Crippen LogP contribution in [0.2, 0.25) is 0 Å². The molecule has 26 heavy (non-hydrogen) atoms. The Hall–Kier alpha value is -2.74. The molecule has 0 saturated carbocycles. The lowest BCUT2D eigenvalue weighted by Crippen LogP contribution is -2.26. The highest BCUT2D eigenvalue weighted by atomic mass is 32.2. The fourth-order valence-electron chi connectivity index (χ4n) is 2.48. The van der Waals surface area contributed by atoms with Crippen LogP contribution in [0.5, 0.6) is 5.75 Å². The van der Waals surface area contributed by atoms with Gasteiger partial charge in [0.1, 0.15) is 18.4 Å². The molecule has 0 bridgehead atoms. The van der Waals surface area contributed by atoms with Gasteiger partial charge in [-0.3, -0.25) is 15.2 Å². The molecule has 0 unspecified atom stereocenters. The molecule has 8 heteroatoms. The molecule has 0 saturated heterocycles. The first-order valence-electron chi connectivity index (χ1n) is 8.27. The Labute approximate surface area is 156 Å². The number of aromatic nitrogens is 4. The number of nitrogens with one attached hydrogen (secondary N) is 2. The number of hydrogen-bond acceptors (Lipinski definition) is 5. The first-order valence-corrected chi connectivity index (χ1v) is 9.67. The number of rotatable bonds is 9. The zero-order chi connectivity index (χ0) is 18.2. The number of para-hydroxylation sites is 1. The highest BCUT2D eigenvalue weighted by Crippen LogP contribution is 2.17. The van der Waals surface area contributed by atoms with E-state index in [1.165, 1.54) is 0 Å². The molecule has 3 aromatic rings. The second-order valence-electron chi connectivity index (χ2n) is 5.62. The van der Waals surface area contributed by atoms with Crippen LogP contribution in [0.25, 0.3) is 0 Å². The van der Waals surface area contributed by atoms with Gasteiger partial charge in [-0.15, -0.1) is 5.10 Å². The minimum atomic E-state index is -0.292. The number of nitrogens with zero attached hydrogens (tertiary/aromatic N) is 3. The van der Waals surface area contributed by atoms with Gasteiger partial charge in [0.2, 0.25) is 11.9 Å². The number of anilines is 1. The van der Waals surface area contributed by atoms with Crippen molar-refractivity contribution in [3.05, 3.63) is 60.7 Å². The van der Waals surface area contributed by atoms with Gasteiger partial charge in [-0.1, -0.05) is 18.2 Å². The highest BCUT2D eigenvalue weighted by molar-refractivity contribution is 7.98. The summed E-state index contributed by atoms with van der Waals surface area (Å²) in [6.07, 6.45) is 6.54. The Morgan fingerprint density at radius 1 is 1.27 bits per heavy atom. The molecule has 2 heterocycles. The lowest BCUT2D eigenvalue weighted by Gasteiger charge is -2.17. The molecule has 0 spiro atoms. The first kappa shape index (κ1) is 18.1. The minimum absolute atomic E-state index is 0.134. The summed E-state index contributed by atoms with van der Waals surface area (Å²) >= 11 is 1.71. The van der Waals surface area contributed by atoms with Crippen LogP contribution in [0.3, 0.4) is 0 Å². The molecular weight excluding hydrogens is 350 g/mol. The molecule has 0 radical (unpaired) electrons. The maximum Gasteiger partial charge on any atom is 0.249 e. The third kappa shape index (κ3) is 4.89. The Balaban J connectivity index is 1.59. The summed E-state index contributed by atoms with van der Waals surface area (Å²) in [5.41, 5.74) is 0. The average Bonchev–Trinajstić information content (AvgIpc) is 3.33. The van der Waals surface area contributed by atoms with Crippen LogP contribution in [0.4, 0.5) is 5.95 Å². The molecule has 2 aromatic heterocycles. The van der Waals surface area contributed by atoms with Crippen LogP contribution >= 0.6 is 11.8 Å². The lowest BCUT2D eigenvalue weighted by atomic mass is 10.2. The molecule has 0 fully saturated rings. The molecule has 1 atom stereocenters. The van der Waals surface area contributed by atoms with Gasteiger partial charge in [0.25, 0.3) is 0 Å². The summed E-state index contributed by atoms with van der Waals surface area (Å²) in [4.78, 5) is 16.9. The second kappa shape index (κ2) is 9.10. The molecule has 2 N–H and O–H groups in total. The van der Waals surface area contributed by atoms with Crippen molar-refractivity contribution in [2.75, 3.05) is 17.3 Å². The van der Waals surface area contributed by atoms with E-state index >= 15 is 0 Å². The fourth-order valence-corrected chi connectivity index (χ4v) is 2.94. The van der Waals surface area contributed by atoms with E-state index in [9.17, 15) is 4.79 Å². The van der Waals surface area contributed by atoms with Crippen molar-refractivity contribution < 1.29 is 9.53 Å². The molecule has 7 nitrogen and oxygen atoms in total. The van der Waals surface area contributed by atoms with Crippen molar-refractivity contribution in [1.82, 2.24) is 19.7 Å². The van der Waals surface area contributed by atoms with Gasteiger partial charge in [-0.25, -0.2) is 0 Å². The Kier molecular flexibility index (Phi) is 6.32. The summed E-state index contributed by atoms with van der Waals surface area (Å²) < 4.78 is 7.52. The maximum absolute atomic E-state index is 12.6. The number of carbonyl (C=O) groups excluding carboxylic acids is 1. The van der Waals surface area contributed by atoms with Crippen LogP contribution in [0, 0.1) is 0 Å². The summed E-state index contributed by atoms with van der Waals surface area (Å²) in [6.45, 7) is 0.250. The van der Waals surface area contributed by atoms with Crippen molar-refractivity contribution in [3.63, 3.8) is 0 Å². The average molecular weight is 371 g/mol. The van der Waals surface area contributed by atoms with E-state index < -0.39 is 0 Å². The Morgan fingerprint density at radius 2 is 2.04 bits per heavy atom. The van der Waals surface area contributed by atoms with E-state index in [0.29, 0.717) is 5.82 Å². The molecule has 1 aromatic carbocycles. The fraction of sp³-hybridized carbons (Fsp3) is 0.278. The number of hydrogen-bond donors (Lipinski definition) is 2. The van der Waals surface area contributed by atoms with Gasteiger partial charge in [0, 0.05) is 12.4 Å². The third-order valence-corrected chi connectivity index (χ3v) is 4.41. The van der Waals surface area contributed by atoms with Gasteiger partial charge in [-0.2, -0.15) is 16.7 Å². The number of benzene rings is 1. The molecule has 1 amide bonds. The topological polar surface area (TPSA) is 84.8 Å². The zero-order valence-corrected chi connectivity index (χ0v) is 15.3. The summed E-state index contributed by atoms with van der Waals surface area (Å²) in [7, 11) is 0. The largest absolute Gasteiger partial charge is 0.486 e. The van der Waals surface area contributed by atoms with Gasteiger partial charge in [0.05, 0.1) is 0 Å². The third-order valence-electron chi connectivity index (χ3n) is 3.77. The number of amides is 1. The molecular formula is C18H21N5O2S. The number of carbonyl (C=O) groups is 1. The first-order chi connectivity index (χ1) is 12.8. The van der Waals surface area contributed by atoms with Gasteiger partial charge in [0.15, 0.2) is 5.82 Å². The Morgan fingerprint density at radius 3 is 2.77 bits per heavy atom. The molecule has 0 aliphatic rings. The lowest BCUT2D eigenvalue weighted by molar-refractivity contribution is -0.119. The van der Waals surface area contributed by atoms with E-state index in [1.807, 2.05) is 65.7 Å². The molecule has 0 aliphatic heterocycles. The summed E-state index contributed by atoms with van der Waals surface area (Å²) in [5.74, 6) is 2.30. The van der Waals surface area contributed by atoms with Crippen LogP contribution in [-0.4, -0.2) is 37.7 Å². The minimum Gasteiger partial charge on any atom is -0.486 e. The van der Waals surface area contributed by atoms with Gasteiger partial charge in [-0.05, 0) is 42.7 Å². The van der Waals surface area contributed by atoms with Gasteiger partial charge < -0.3 is 9.30 Å². The second-order valence-corrected chi connectivity index (χ2v) is 6.61. The van der Waals surface area contributed by atoms with Crippen LogP contribution in [0.1, 0.15) is 18.3 Å². The van der Waals surface area contributed by atoms with Gasteiger partial charge >= 0.3 is 0 Å². The van der Waals surface area contributed by atoms with E-state index in [-0.39, 0.29) is 24.5 Å². The van der Waals surface area contributed by atoms with E-state index in [4.69, 9.17) is 4.74 Å². The highest BCUT2D eigenvalue weighted by Gasteiger charge is 2.20. The predicted molar refractivity (Wildman–Crippen MR) is 102 cm³/mol. The smallest absolute Gasteiger partial charge is 0.249 e. The number of aromatic amines is 1. The van der Waals surface area contributed by atoms with Crippen molar-refractivity contribution in [3.8, 4) is 5.75 Å². The number of thioether (sulfide) groups is 1. The molecule has 3 rings (SSSR count). The number of H-pyrrole nitrogens is 1. The zero-order valence-electron chi connectivity index (χ0n) is 14.5. The van der Waals surface area contributed by atoms with E-state index in [0.717, 1.165) is 17.9 Å². The van der Waals surface area contributed by atoms with E-state index in [1.54, 1.807) is 11.8 Å². The SMILES string of the molecule is CSCC[C@H](C(=O)Nc1n[nH]c(COc2ccccc2)n1)n1cccc1. The quantitative estimate of drug-likeness (QED) is 0.604. The summed E-state index contributed by atoms with van der Waals surface area (Å²) in [5, 5.41) is 9.62. The van der Waals surface area contributed by atoms with Crippen LogP contribution < -0.4 is 10.1 Å². The number of ether oxygens (including phenoxy) is 1. The maximum atomic E-state index is 12.6. The van der Waals surface area contributed by atoms with Crippen molar-refractivity contribution in [2.24, 2.45) is 0 Å². The summed E-state index contributed by atoms with van der Waals surface area (Å²) in [6, 6.07) is 13.0. The van der Waals surface area contributed by atoms with Crippen molar-refractivity contribution >= 4 is 23.6 Å². The van der Waals surface area contributed by atoms with Crippen molar-refractivity contribution in [2.45, 2.75) is 19.1 Å².